The van der Waals surface area contributed by atoms with Gasteiger partial charge < -0.3 is 24.6 Å². The fourth-order valence-corrected chi connectivity index (χ4v) is 4.05. The molecule has 0 fully saturated rings. The largest absolute Gasteiger partial charge is 0.444 e. The van der Waals surface area contributed by atoms with Crippen molar-refractivity contribution < 1.29 is 19.2 Å². The first-order valence-corrected chi connectivity index (χ1v) is 12.0. The second-order valence-electron chi connectivity index (χ2n) is 9.65. The lowest BCUT2D eigenvalue weighted by molar-refractivity contribution is 0.0503. The molecular formula is C28H32N4O4. The van der Waals surface area contributed by atoms with Crippen LogP contribution in [0.15, 0.2) is 71.3 Å². The number of para-hydroxylation sites is 1. The lowest BCUT2D eigenvalue weighted by Crippen LogP contribution is -2.36. The molecule has 8 heteroatoms. The molecule has 36 heavy (non-hydrogen) atoms. The van der Waals surface area contributed by atoms with Gasteiger partial charge in [-0.3, -0.25) is 0 Å². The molecule has 0 aliphatic heterocycles. The van der Waals surface area contributed by atoms with Crippen LogP contribution in [-0.2, 0) is 11.2 Å². The van der Waals surface area contributed by atoms with Crippen molar-refractivity contribution in [1.82, 2.24) is 15.5 Å². The summed E-state index contributed by atoms with van der Waals surface area (Å²) in [7, 11) is 1.88. The molecule has 4 rings (SSSR count). The van der Waals surface area contributed by atoms with Gasteiger partial charge in [-0.25, -0.2) is 9.78 Å². The topological polar surface area (TPSA) is 101 Å². The van der Waals surface area contributed by atoms with Crippen LogP contribution < -0.4 is 10.2 Å². The van der Waals surface area contributed by atoms with Crippen LogP contribution in [0.2, 0.25) is 0 Å². The standard InChI is InChI=1S/C28H32N4O4/c1-28(2,3)35-27(34)30-23(18-19-10-9-15-25(29-19)32(4)16-17-33)20-11-5-6-12-21(20)26-22-13-7-8-14-24(22)36-31-26/h5-15,23,33H,16-18H2,1-4H3,(H,30,34)/t23-/m0/s1. The molecule has 0 aliphatic rings. The summed E-state index contributed by atoms with van der Waals surface area (Å²) in [5, 5.41) is 17.6. The van der Waals surface area contributed by atoms with Crippen LogP contribution in [0.4, 0.5) is 10.6 Å². The van der Waals surface area contributed by atoms with Crippen LogP contribution in [0.25, 0.3) is 22.2 Å². The molecule has 0 bridgehead atoms. The molecule has 0 saturated heterocycles. The number of rotatable bonds is 8. The van der Waals surface area contributed by atoms with Gasteiger partial charge in [0.1, 0.15) is 17.1 Å². The van der Waals surface area contributed by atoms with E-state index in [1.807, 2.05) is 99.4 Å². The number of carbonyl (C=O) groups excluding carboxylic acids is 1. The quantitative estimate of drug-likeness (QED) is 0.355. The average molecular weight is 489 g/mol. The van der Waals surface area contributed by atoms with Crippen molar-refractivity contribution in [1.29, 1.82) is 0 Å². The number of anilines is 1. The zero-order valence-corrected chi connectivity index (χ0v) is 21.1. The summed E-state index contributed by atoms with van der Waals surface area (Å²) in [6, 6.07) is 20.8. The number of aliphatic hydroxyl groups is 1. The first-order valence-electron chi connectivity index (χ1n) is 12.0. The van der Waals surface area contributed by atoms with Crippen LogP contribution in [0.3, 0.4) is 0 Å². The summed E-state index contributed by atoms with van der Waals surface area (Å²) in [4.78, 5) is 19.5. The van der Waals surface area contributed by atoms with E-state index in [1.54, 1.807) is 0 Å². The SMILES string of the molecule is CN(CCO)c1cccc(C[C@H](NC(=O)OC(C)(C)C)c2ccccc2-c2noc3ccccc23)n1. The Hall–Kier alpha value is -3.91. The molecule has 1 amide bonds. The summed E-state index contributed by atoms with van der Waals surface area (Å²) in [5.41, 5.74) is 3.29. The van der Waals surface area contributed by atoms with E-state index in [4.69, 9.17) is 14.2 Å². The lowest BCUT2D eigenvalue weighted by atomic mass is 9.93. The van der Waals surface area contributed by atoms with Crippen LogP contribution >= 0.6 is 0 Å². The van der Waals surface area contributed by atoms with Gasteiger partial charge in [0.25, 0.3) is 0 Å². The van der Waals surface area contributed by atoms with Gasteiger partial charge in [0.15, 0.2) is 5.58 Å². The van der Waals surface area contributed by atoms with Crippen molar-refractivity contribution >= 4 is 22.9 Å². The van der Waals surface area contributed by atoms with Gasteiger partial charge in [-0.2, -0.15) is 0 Å². The molecule has 2 heterocycles. The number of likely N-dealkylation sites (N-methyl/N-ethyl adjacent to an activating group) is 1. The number of amides is 1. The monoisotopic (exact) mass is 488 g/mol. The summed E-state index contributed by atoms with van der Waals surface area (Å²) < 4.78 is 11.1. The highest BCUT2D eigenvalue weighted by atomic mass is 16.6. The van der Waals surface area contributed by atoms with Gasteiger partial charge in [0, 0.05) is 36.7 Å². The number of nitrogens with one attached hydrogen (secondary N) is 1. The second kappa shape index (κ2) is 10.8. The number of alkyl carbamates (subject to hydrolysis) is 1. The predicted octanol–water partition coefficient (Wildman–Crippen LogP) is 5.13. The highest BCUT2D eigenvalue weighted by Crippen LogP contribution is 2.34. The number of carbonyl (C=O) groups is 1. The van der Waals surface area contributed by atoms with E-state index in [0.717, 1.165) is 28.0 Å². The maximum absolute atomic E-state index is 12.9. The summed E-state index contributed by atoms with van der Waals surface area (Å²) in [6.07, 6.45) is -0.0896. The predicted molar refractivity (Wildman–Crippen MR) is 140 cm³/mol. The van der Waals surface area contributed by atoms with E-state index in [1.165, 1.54) is 0 Å². The zero-order valence-electron chi connectivity index (χ0n) is 21.1. The minimum Gasteiger partial charge on any atom is -0.444 e. The third kappa shape index (κ3) is 6.01. The third-order valence-corrected chi connectivity index (χ3v) is 5.69. The Morgan fingerprint density at radius 2 is 1.83 bits per heavy atom. The van der Waals surface area contributed by atoms with Crippen molar-refractivity contribution in [3.8, 4) is 11.3 Å². The second-order valence-corrected chi connectivity index (χ2v) is 9.65. The smallest absolute Gasteiger partial charge is 0.408 e. The van der Waals surface area contributed by atoms with Crippen LogP contribution in [-0.4, -0.2) is 47.1 Å². The Kier molecular flexibility index (Phi) is 7.55. The summed E-state index contributed by atoms with van der Waals surface area (Å²) in [6.45, 7) is 6.00. The maximum atomic E-state index is 12.9. The Labute approximate surface area is 210 Å². The minimum absolute atomic E-state index is 0.0320. The lowest BCUT2D eigenvalue weighted by Gasteiger charge is -2.25. The number of nitrogens with zero attached hydrogens (tertiary/aromatic N) is 3. The Morgan fingerprint density at radius 1 is 1.08 bits per heavy atom. The van der Waals surface area contributed by atoms with Crippen LogP contribution in [0.5, 0.6) is 0 Å². The van der Waals surface area contributed by atoms with Gasteiger partial charge >= 0.3 is 6.09 Å². The summed E-state index contributed by atoms with van der Waals surface area (Å²) in [5.74, 6) is 0.744. The molecule has 8 nitrogen and oxygen atoms in total. The molecule has 1 atom stereocenters. The first kappa shape index (κ1) is 25.2. The fourth-order valence-electron chi connectivity index (χ4n) is 4.05. The van der Waals surface area contributed by atoms with E-state index < -0.39 is 17.7 Å². The Bertz CT molecular complexity index is 1330. The highest BCUT2D eigenvalue weighted by molar-refractivity contribution is 5.92. The molecule has 0 radical (unpaired) electrons. The van der Waals surface area contributed by atoms with Crippen molar-refractivity contribution in [2.24, 2.45) is 0 Å². The van der Waals surface area contributed by atoms with Gasteiger partial charge in [-0.15, -0.1) is 0 Å². The molecule has 4 aromatic rings. The van der Waals surface area contributed by atoms with Crippen molar-refractivity contribution in [2.45, 2.75) is 38.8 Å². The summed E-state index contributed by atoms with van der Waals surface area (Å²) >= 11 is 0. The maximum Gasteiger partial charge on any atom is 0.408 e. The fraction of sp³-hybridized carbons (Fsp3) is 0.321. The van der Waals surface area contributed by atoms with E-state index in [-0.39, 0.29) is 6.61 Å². The van der Waals surface area contributed by atoms with Crippen LogP contribution in [0, 0.1) is 0 Å². The van der Waals surface area contributed by atoms with Crippen molar-refractivity contribution in [2.75, 3.05) is 25.1 Å². The van der Waals surface area contributed by atoms with Crippen molar-refractivity contribution in [3.63, 3.8) is 0 Å². The normalized spacial score (nSPS) is 12.4. The first-order chi connectivity index (χ1) is 17.2. The molecule has 0 unspecified atom stereocenters. The van der Waals surface area contributed by atoms with Gasteiger partial charge in [-0.05, 0) is 50.6 Å². The van der Waals surface area contributed by atoms with E-state index in [9.17, 15) is 9.90 Å². The number of benzene rings is 2. The zero-order chi connectivity index (χ0) is 25.7. The van der Waals surface area contributed by atoms with Gasteiger partial charge in [-0.1, -0.05) is 47.6 Å². The van der Waals surface area contributed by atoms with E-state index in [0.29, 0.717) is 24.2 Å². The number of pyridine rings is 1. The van der Waals surface area contributed by atoms with Crippen LogP contribution in [0.1, 0.15) is 38.1 Å². The van der Waals surface area contributed by atoms with Gasteiger partial charge in [0.2, 0.25) is 0 Å². The minimum atomic E-state index is -0.637. The number of fused-ring (bicyclic) bond motifs is 1. The molecule has 0 aliphatic carbocycles. The number of aliphatic hydroxyl groups excluding tert-OH is 1. The molecule has 2 N–H and O–H groups in total. The molecule has 188 valence electrons. The highest BCUT2D eigenvalue weighted by Gasteiger charge is 2.25. The Morgan fingerprint density at radius 3 is 2.61 bits per heavy atom. The average Bonchev–Trinajstić information content (AvgIpc) is 3.27. The van der Waals surface area contributed by atoms with E-state index >= 15 is 0 Å². The van der Waals surface area contributed by atoms with Crippen molar-refractivity contribution in [3.05, 3.63) is 78.0 Å². The molecule has 0 saturated carbocycles. The molecule has 0 spiro atoms. The molecular weight excluding hydrogens is 456 g/mol. The number of hydrogen-bond donors (Lipinski definition) is 2. The molecule has 2 aromatic carbocycles. The Balaban J connectivity index is 1.74. The van der Waals surface area contributed by atoms with Gasteiger partial charge in [0.05, 0.1) is 12.6 Å². The number of hydrogen-bond acceptors (Lipinski definition) is 7. The third-order valence-electron chi connectivity index (χ3n) is 5.69. The molecule has 2 aromatic heterocycles. The number of ether oxygens (including phenoxy) is 1. The number of aromatic nitrogens is 2. The van der Waals surface area contributed by atoms with E-state index in [2.05, 4.69) is 10.5 Å².